The number of aromatic nitrogens is 2. The van der Waals surface area contributed by atoms with Crippen LogP contribution in [-0.2, 0) is 11.3 Å². The summed E-state index contributed by atoms with van der Waals surface area (Å²) in [6, 6.07) is 5.17. The number of benzene rings is 1. The molecular weight excluding hydrogens is 309 g/mol. The third-order valence-electron chi connectivity index (χ3n) is 3.52. The molecule has 0 saturated heterocycles. The quantitative estimate of drug-likeness (QED) is 0.462. The molecule has 7 heteroatoms. The summed E-state index contributed by atoms with van der Waals surface area (Å²) in [6.45, 7) is 6.25. The molecule has 24 heavy (non-hydrogen) atoms. The van der Waals surface area contributed by atoms with Gasteiger partial charge >= 0.3 is 0 Å². The Morgan fingerprint density at radius 1 is 1.38 bits per heavy atom. The zero-order chi connectivity index (χ0) is 17.4. The zero-order valence-electron chi connectivity index (χ0n) is 14.3. The number of nitrogens with zero attached hydrogens (tertiary/aromatic N) is 3. The van der Waals surface area contributed by atoms with Crippen molar-refractivity contribution in [3.05, 3.63) is 47.8 Å². The van der Waals surface area contributed by atoms with Crippen LogP contribution >= 0.6 is 0 Å². The lowest BCUT2D eigenvalue weighted by molar-refractivity contribution is 0.152. The summed E-state index contributed by atoms with van der Waals surface area (Å²) in [5, 5.41) is 6.29. The smallest absolute Gasteiger partial charge is 0.191 e. The lowest BCUT2D eigenvalue weighted by Crippen LogP contribution is -2.38. The minimum atomic E-state index is -0.283. The van der Waals surface area contributed by atoms with Gasteiger partial charge in [-0.15, -0.1) is 0 Å². The van der Waals surface area contributed by atoms with Crippen molar-refractivity contribution in [2.45, 2.75) is 20.4 Å². The monoisotopic (exact) mass is 333 g/mol. The summed E-state index contributed by atoms with van der Waals surface area (Å²) in [7, 11) is 1.70. The maximum absolute atomic E-state index is 14.3. The minimum Gasteiger partial charge on any atom is -0.380 e. The van der Waals surface area contributed by atoms with Crippen molar-refractivity contribution in [2.75, 3.05) is 26.8 Å². The van der Waals surface area contributed by atoms with Gasteiger partial charge in [0.15, 0.2) is 5.96 Å². The second-order valence-corrected chi connectivity index (χ2v) is 5.18. The van der Waals surface area contributed by atoms with Gasteiger partial charge in [-0.05, 0) is 31.5 Å². The summed E-state index contributed by atoms with van der Waals surface area (Å²) in [6.07, 6.45) is 3.40. The van der Waals surface area contributed by atoms with E-state index in [-0.39, 0.29) is 5.82 Å². The summed E-state index contributed by atoms with van der Waals surface area (Å²) >= 11 is 0. The summed E-state index contributed by atoms with van der Waals surface area (Å²) < 4.78 is 21.3. The predicted octanol–water partition coefficient (Wildman–Crippen LogP) is 2.02. The topological polar surface area (TPSA) is 63.5 Å². The van der Waals surface area contributed by atoms with Gasteiger partial charge in [0, 0.05) is 39.1 Å². The Morgan fingerprint density at radius 3 is 2.83 bits per heavy atom. The fourth-order valence-corrected chi connectivity index (χ4v) is 2.28. The maximum atomic E-state index is 14.3. The number of nitrogens with one attached hydrogen (secondary N) is 2. The van der Waals surface area contributed by atoms with Gasteiger partial charge in [0.25, 0.3) is 0 Å². The largest absolute Gasteiger partial charge is 0.380 e. The number of guanidine groups is 1. The molecule has 1 aromatic carbocycles. The van der Waals surface area contributed by atoms with Crippen LogP contribution in [-0.4, -0.2) is 42.3 Å². The molecule has 0 unspecified atom stereocenters. The molecule has 0 spiro atoms. The van der Waals surface area contributed by atoms with Gasteiger partial charge in [0.05, 0.1) is 12.3 Å². The SMILES string of the molecule is CCOCCNC(=NC)NCc1ccc(-n2ccnc2C)c(F)c1. The molecule has 130 valence electrons. The second kappa shape index (κ2) is 9.02. The van der Waals surface area contributed by atoms with Gasteiger partial charge in [-0.25, -0.2) is 9.37 Å². The minimum absolute atomic E-state index is 0.283. The van der Waals surface area contributed by atoms with Gasteiger partial charge in [-0.3, -0.25) is 4.99 Å². The van der Waals surface area contributed by atoms with Gasteiger partial charge in [-0.1, -0.05) is 6.07 Å². The second-order valence-electron chi connectivity index (χ2n) is 5.18. The first-order valence-corrected chi connectivity index (χ1v) is 7.96. The van der Waals surface area contributed by atoms with Crippen molar-refractivity contribution in [1.82, 2.24) is 20.2 Å². The fourth-order valence-electron chi connectivity index (χ4n) is 2.28. The van der Waals surface area contributed by atoms with E-state index in [1.165, 1.54) is 6.07 Å². The lowest BCUT2D eigenvalue weighted by atomic mass is 10.2. The molecule has 0 fully saturated rings. The van der Waals surface area contributed by atoms with Gasteiger partial charge < -0.3 is 19.9 Å². The van der Waals surface area contributed by atoms with Gasteiger partial charge in [0.1, 0.15) is 11.6 Å². The predicted molar refractivity (Wildman–Crippen MR) is 93.0 cm³/mol. The van der Waals surface area contributed by atoms with E-state index in [2.05, 4.69) is 20.6 Å². The first kappa shape index (κ1) is 17.9. The summed E-state index contributed by atoms with van der Waals surface area (Å²) in [4.78, 5) is 8.24. The van der Waals surface area contributed by atoms with E-state index in [0.717, 1.165) is 11.4 Å². The van der Waals surface area contributed by atoms with Crippen LogP contribution in [0.25, 0.3) is 5.69 Å². The normalized spacial score (nSPS) is 11.6. The van der Waals surface area contributed by atoms with Crippen LogP contribution in [0.5, 0.6) is 0 Å². The molecule has 2 aromatic rings. The number of ether oxygens (including phenoxy) is 1. The number of imidazole rings is 1. The van der Waals surface area contributed by atoms with Crippen LogP contribution in [0.1, 0.15) is 18.3 Å². The van der Waals surface area contributed by atoms with Gasteiger partial charge in [0.2, 0.25) is 0 Å². The highest BCUT2D eigenvalue weighted by Crippen LogP contribution is 2.16. The van der Waals surface area contributed by atoms with Crippen LogP contribution < -0.4 is 10.6 Å². The van der Waals surface area contributed by atoms with E-state index in [0.29, 0.717) is 38.0 Å². The molecule has 0 aliphatic rings. The average molecular weight is 333 g/mol. The van der Waals surface area contributed by atoms with E-state index in [1.54, 1.807) is 30.1 Å². The van der Waals surface area contributed by atoms with Crippen LogP contribution in [0.3, 0.4) is 0 Å². The Labute approximate surface area is 141 Å². The van der Waals surface area contributed by atoms with Gasteiger partial charge in [-0.2, -0.15) is 0 Å². The van der Waals surface area contributed by atoms with E-state index >= 15 is 0 Å². The van der Waals surface area contributed by atoms with E-state index < -0.39 is 0 Å². The first-order chi connectivity index (χ1) is 11.7. The van der Waals surface area contributed by atoms with E-state index in [1.807, 2.05) is 19.9 Å². The summed E-state index contributed by atoms with van der Waals surface area (Å²) in [5.41, 5.74) is 1.33. The van der Waals surface area contributed by atoms with Crippen molar-refractivity contribution >= 4 is 5.96 Å². The highest BCUT2D eigenvalue weighted by atomic mass is 19.1. The number of hydrogen-bond acceptors (Lipinski definition) is 3. The van der Waals surface area contributed by atoms with Crippen molar-refractivity contribution in [3.63, 3.8) is 0 Å². The van der Waals surface area contributed by atoms with E-state index in [9.17, 15) is 4.39 Å². The van der Waals surface area contributed by atoms with Crippen LogP contribution in [0.2, 0.25) is 0 Å². The Balaban J connectivity index is 1.94. The molecule has 0 aliphatic carbocycles. The molecule has 1 heterocycles. The van der Waals surface area contributed by atoms with Crippen LogP contribution in [0.4, 0.5) is 4.39 Å². The lowest BCUT2D eigenvalue weighted by Gasteiger charge is -2.13. The molecule has 2 N–H and O–H groups in total. The molecule has 1 aromatic heterocycles. The highest BCUT2D eigenvalue weighted by molar-refractivity contribution is 5.79. The van der Waals surface area contributed by atoms with Crippen LogP contribution in [0, 0.1) is 12.7 Å². The molecule has 0 radical (unpaired) electrons. The third kappa shape index (κ3) is 4.79. The molecule has 0 amide bonds. The first-order valence-electron chi connectivity index (χ1n) is 7.96. The third-order valence-corrected chi connectivity index (χ3v) is 3.52. The zero-order valence-corrected chi connectivity index (χ0v) is 14.3. The molecule has 0 atom stereocenters. The molecule has 2 rings (SSSR count). The average Bonchev–Trinajstić information content (AvgIpc) is 3.00. The maximum Gasteiger partial charge on any atom is 0.191 e. The molecular formula is C17H24FN5O. The Kier molecular flexibility index (Phi) is 6.74. The molecule has 6 nitrogen and oxygen atoms in total. The number of aliphatic imine (C=N–C) groups is 1. The number of rotatable bonds is 7. The van der Waals surface area contributed by atoms with Crippen molar-refractivity contribution in [2.24, 2.45) is 4.99 Å². The van der Waals surface area contributed by atoms with Crippen LogP contribution in [0.15, 0.2) is 35.6 Å². The van der Waals surface area contributed by atoms with Crippen molar-refractivity contribution in [1.29, 1.82) is 0 Å². The Morgan fingerprint density at radius 2 is 2.21 bits per heavy atom. The highest BCUT2D eigenvalue weighted by Gasteiger charge is 2.08. The fraction of sp³-hybridized carbons (Fsp3) is 0.412. The summed E-state index contributed by atoms with van der Waals surface area (Å²) in [5.74, 6) is 1.12. The van der Waals surface area contributed by atoms with Crippen molar-refractivity contribution < 1.29 is 9.13 Å². The number of halogens is 1. The molecule has 0 saturated carbocycles. The number of aryl methyl sites for hydroxylation is 1. The molecule has 0 aliphatic heterocycles. The Hall–Kier alpha value is -2.41. The van der Waals surface area contributed by atoms with E-state index in [4.69, 9.17) is 4.74 Å². The van der Waals surface area contributed by atoms with Crippen molar-refractivity contribution in [3.8, 4) is 5.69 Å². The standard InChI is InChI=1S/C17H24FN5O/c1-4-24-10-8-21-17(19-3)22-12-14-5-6-16(15(18)11-14)23-9-7-20-13(23)2/h5-7,9,11H,4,8,10,12H2,1-3H3,(H2,19,21,22). The molecule has 0 bridgehead atoms. The number of hydrogen-bond donors (Lipinski definition) is 2. The Bertz CT molecular complexity index is 683.